The third kappa shape index (κ3) is 4.03. The average Bonchev–Trinajstić information content (AvgIpc) is 2.53. The Hall–Kier alpha value is -2.02. The molecule has 0 N–H and O–H groups in total. The van der Waals surface area contributed by atoms with Crippen molar-refractivity contribution in [1.29, 1.82) is 0 Å². The molecule has 0 amide bonds. The van der Waals surface area contributed by atoms with Gasteiger partial charge in [0.25, 0.3) is 0 Å². The number of benzene rings is 2. The van der Waals surface area contributed by atoms with Crippen LogP contribution in [0.3, 0.4) is 0 Å². The number of rotatable bonds is 4. The van der Waals surface area contributed by atoms with Crippen LogP contribution in [0.5, 0.6) is 0 Å². The zero-order valence-corrected chi connectivity index (χ0v) is 14.1. The van der Waals surface area contributed by atoms with E-state index in [2.05, 4.69) is 0 Å². The van der Waals surface area contributed by atoms with Gasteiger partial charge in [0, 0.05) is 0 Å². The van der Waals surface area contributed by atoms with E-state index in [0.717, 1.165) is 43.3 Å². The molecule has 0 aliphatic carbocycles. The highest BCUT2D eigenvalue weighted by atomic mass is 35.5. The largest absolute Gasteiger partial charge is 0.416 e. The molecule has 0 aliphatic heterocycles. The SMILES string of the molecule is CC(Cc1ccccc1C(F)(F)F)(C(=O)Cl)c1ccccc1C(F)(F)F. The molecule has 0 bridgehead atoms. The van der Waals surface area contributed by atoms with Crippen LogP contribution in [-0.4, -0.2) is 5.24 Å². The van der Waals surface area contributed by atoms with Gasteiger partial charge in [-0.15, -0.1) is 0 Å². The van der Waals surface area contributed by atoms with E-state index >= 15 is 0 Å². The molecule has 1 unspecified atom stereocenters. The summed E-state index contributed by atoms with van der Waals surface area (Å²) in [6.45, 7) is 1.11. The molecule has 0 spiro atoms. The molecule has 0 saturated carbocycles. The van der Waals surface area contributed by atoms with Gasteiger partial charge in [-0.3, -0.25) is 4.79 Å². The number of hydrogen-bond acceptors (Lipinski definition) is 1. The Labute approximate surface area is 150 Å². The lowest BCUT2D eigenvalue weighted by atomic mass is 9.75. The Bertz CT molecular complexity index is 812. The predicted molar refractivity (Wildman–Crippen MR) is 84.8 cm³/mol. The highest BCUT2D eigenvalue weighted by Gasteiger charge is 2.44. The minimum Gasteiger partial charge on any atom is -0.280 e. The summed E-state index contributed by atoms with van der Waals surface area (Å²) in [4.78, 5) is 12.0. The van der Waals surface area contributed by atoms with Crippen molar-refractivity contribution in [2.75, 3.05) is 0 Å². The Morgan fingerprint density at radius 3 is 1.69 bits per heavy atom. The Kier molecular flexibility index (Phi) is 5.42. The third-order valence-corrected chi connectivity index (χ3v) is 4.54. The number of alkyl halides is 6. The van der Waals surface area contributed by atoms with Crippen molar-refractivity contribution in [3.05, 3.63) is 70.8 Å². The molecule has 1 atom stereocenters. The van der Waals surface area contributed by atoms with Crippen LogP contribution in [-0.2, 0) is 29.0 Å². The van der Waals surface area contributed by atoms with E-state index in [-0.39, 0.29) is 5.56 Å². The molecule has 0 saturated heterocycles. The van der Waals surface area contributed by atoms with Crippen LogP contribution in [0, 0.1) is 0 Å². The van der Waals surface area contributed by atoms with Gasteiger partial charge < -0.3 is 0 Å². The zero-order valence-electron chi connectivity index (χ0n) is 13.4. The van der Waals surface area contributed by atoms with Crippen molar-refractivity contribution < 1.29 is 31.1 Å². The summed E-state index contributed by atoms with van der Waals surface area (Å²) in [5, 5.41) is -1.17. The normalized spacial score (nSPS) is 14.8. The maximum atomic E-state index is 13.3. The van der Waals surface area contributed by atoms with Gasteiger partial charge in [-0.05, 0) is 48.2 Å². The summed E-state index contributed by atoms with van der Waals surface area (Å²) in [7, 11) is 0. The molecule has 8 heteroatoms. The van der Waals surface area contributed by atoms with Crippen LogP contribution in [0.1, 0.15) is 29.2 Å². The first-order chi connectivity index (χ1) is 11.9. The first-order valence-electron chi connectivity index (χ1n) is 7.39. The lowest BCUT2D eigenvalue weighted by Crippen LogP contribution is -2.35. The fourth-order valence-corrected chi connectivity index (χ4v) is 2.98. The van der Waals surface area contributed by atoms with Gasteiger partial charge in [0.2, 0.25) is 5.24 Å². The number of carbonyl (C=O) groups excluding carboxylic acids is 1. The van der Waals surface area contributed by atoms with E-state index < -0.39 is 46.1 Å². The highest BCUT2D eigenvalue weighted by Crippen LogP contribution is 2.42. The maximum absolute atomic E-state index is 13.3. The summed E-state index contributed by atoms with van der Waals surface area (Å²) in [6.07, 6.45) is -10.1. The Morgan fingerprint density at radius 2 is 1.23 bits per heavy atom. The summed E-state index contributed by atoms with van der Waals surface area (Å²) >= 11 is 5.57. The monoisotopic (exact) mass is 394 g/mol. The zero-order chi connectivity index (χ0) is 19.8. The standard InChI is InChI=1S/C18H13ClF6O/c1-16(15(19)26,13-8-4-5-9-14(13)18(23,24)25)10-11-6-2-3-7-12(11)17(20,21)22/h2-9H,10H2,1H3. The quantitative estimate of drug-likeness (QED) is 0.460. The topological polar surface area (TPSA) is 17.1 Å². The van der Waals surface area contributed by atoms with E-state index in [1.807, 2.05) is 0 Å². The van der Waals surface area contributed by atoms with Gasteiger partial charge in [0.05, 0.1) is 16.5 Å². The van der Waals surface area contributed by atoms with Crippen LogP contribution in [0.2, 0.25) is 0 Å². The van der Waals surface area contributed by atoms with E-state index in [1.54, 1.807) is 0 Å². The van der Waals surface area contributed by atoms with Gasteiger partial charge in [-0.1, -0.05) is 36.4 Å². The van der Waals surface area contributed by atoms with Crippen LogP contribution in [0.15, 0.2) is 48.5 Å². The van der Waals surface area contributed by atoms with E-state index in [9.17, 15) is 31.1 Å². The first kappa shape index (κ1) is 20.3. The fourth-order valence-electron chi connectivity index (χ4n) is 2.81. The smallest absolute Gasteiger partial charge is 0.280 e. The van der Waals surface area contributed by atoms with Gasteiger partial charge in [0.1, 0.15) is 0 Å². The van der Waals surface area contributed by atoms with Crippen LogP contribution in [0.4, 0.5) is 26.3 Å². The average molecular weight is 395 g/mol. The van der Waals surface area contributed by atoms with Crippen LogP contribution >= 0.6 is 11.6 Å². The van der Waals surface area contributed by atoms with E-state index in [4.69, 9.17) is 11.6 Å². The lowest BCUT2D eigenvalue weighted by molar-refractivity contribution is -0.140. The fraction of sp³-hybridized carbons (Fsp3) is 0.278. The molecular weight excluding hydrogens is 382 g/mol. The van der Waals surface area contributed by atoms with E-state index in [0.29, 0.717) is 0 Å². The van der Waals surface area contributed by atoms with Crippen molar-refractivity contribution in [2.24, 2.45) is 0 Å². The molecule has 0 heterocycles. The molecule has 140 valence electrons. The second-order valence-corrected chi connectivity index (χ2v) is 6.32. The molecule has 26 heavy (non-hydrogen) atoms. The molecular formula is C18H13ClF6O. The Balaban J connectivity index is 2.64. The second-order valence-electron chi connectivity index (χ2n) is 5.98. The first-order valence-corrected chi connectivity index (χ1v) is 7.77. The molecule has 2 aromatic rings. The van der Waals surface area contributed by atoms with Crippen molar-refractivity contribution >= 4 is 16.8 Å². The molecule has 0 aliphatic rings. The molecule has 1 nitrogen and oxygen atoms in total. The summed E-state index contributed by atoms with van der Waals surface area (Å²) in [5.74, 6) is 0. The van der Waals surface area contributed by atoms with Crippen molar-refractivity contribution in [3.8, 4) is 0 Å². The molecule has 0 aromatic heterocycles. The second kappa shape index (κ2) is 6.95. The number of hydrogen-bond donors (Lipinski definition) is 0. The number of carbonyl (C=O) groups is 1. The molecule has 2 rings (SSSR count). The summed E-state index contributed by atoms with van der Waals surface area (Å²) in [6, 6.07) is 8.65. The molecule has 0 radical (unpaired) electrons. The lowest BCUT2D eigenvalue weighted by Gasteiger charge is -2.30. The number of halogens is 7. The van der Waals surface area contributed by atoms with Crippen LogP contribution in [0.25, 0.3) is 0 Å². The van der Waals surface area contributed by atoms with Gasteiger partial charge in [0.15, 0.2) is 0 Å². The predicted octanol–water partition coefficient (Wildman–Crippen LogP) is 5.99. The van der Waals surface area contributed by atoms with Gasteiger partial charge in [-0.2, -0.15) is 26.3 Å². The van der Waals surface area contributed by atoms with Crippen molar-refractivity contribution in [2.45, 2.75) is 31.1 Å². The maximum Gasteiger partial charge on any atom is 0.416 e. The highest BCUT2D eigenvalue weighted by molar-refractivity contribution is 6.65. The minimum atomic E-state index is -4.78. The third-order valence-electron chi connectivity index (χ3n) is 4.13. The van der Waals surface area contributed by atoms with Gasteiger partial charge >= 0.3 is 12.4 Å². The van der Waals surface area contributed by atoms with Crippen molar-refractivity contribution in [3.63, 3.8) is 0 Å². The summed E-state index contributed by atoms with van der Waals surface area (Å²) in [5.41, 5.74) is -4.90. The van der Waals surface area contributed by atoms with Crippen LogP contribution < -0.4 is 0 Å². The molecule has 0 fully saturated rings. The van der Waals surface area contributed by atoms with E-state index in [1.165, 1.54) is 12.1 Å². The minimum absolute atomic E-state index is 0.312. The summed E-state index contributed by atoms with van der Waals surface area (Å²) < 4.78 is 79.5. The van der Waals surface area contributed by atoms with Gasteiger partial charge in [-0.25, -0.2) is 0 Å². The van der Waals surface area contributed by atoms with Crippen molar-refractivity contribution in [1.82, 2.24) is 0 Å². The Morgan fingerprint density at radius 1 is 0.808 bits per heavy atom. The molecule has 2 aromatic carbocycles.